The monoisotopic (exact) mass is 347 g/mol. The molecule has 1 amide bonds. The van der Waals surface area contributed by atoms with Crippen molar-refractivity contribution in [2.24, 2.45) is 0 Å². The van der Waals surface area contributed by atoms with Gasteiger partial charge in [-0.2, -0.15) is 0 Å². The third kappa shape index (κ3) is 2.66. The molecule has 1 aliphatic rings. The second-order valence-corrected chi connectivity index (χ2v) is 6.00. The molecule has 3 rings (SSSR count). The molecule has 5 heteroatoms. The number of carbonyl (C=O) groups excluding carboxylic acids is 1. The highest BCUT2D eigenvalue weighted by Gasteiger charge is 2.32. The van der Waals surface area contributed by atoms with Crippen LogP contribution >= 0.6 is 15.9 Å². The number of nitrogens with one attached hydrogen (secondary N) is 1. The summed E-state index contributed by atoms with van der Waals surface area (Å²) in [6.07, 6.45) is -0.128. The SMILES string of the molecule is O=C(N[C@H]1c2ccccc2C[C@H]1O)c1ccc(Br)cc1O. The minimum absolute atomic E-state index is 0.0948. The largest absolute Gasteiger partial charge is 0.507 e. The molecule has 0 aliphatic heterocycles. The maximum atomic E-state index is 12.3. The van der Waals surface area contributed by atoms with Gasteiger partial charge in [-0.3, -0.25) is 4.79 Å². The number of phenols is 1. The number of carbonyl (C=O) groups is 1. The van der Waals surface area contributed by atoms with Gasteiger partial charge < -0.3 is 15.5 Å². The zero-order valence-corrected chi connectivity index (χ0v) is 12.7. The highest BCUT2D eigenvalue weighted by Crippen LogP contribution is 2.32. The lowest BCUT2D eigenvalue weighted by atomic mass is 10.1. The molecular weight excluding hydrogens is 334 g/mol. The van der Waals surface area contributed by atoms with E-state index in [0.717, 1.165) is 11.1 Å². The van der Waals surface area contributed by atoms with Crippen molar-refractivity contribution < 1.29 is 15.0 Å². The topological polar surface area (TPSA) is 69.6 Å². The van der Waals surface area contributed by atoms with Gasteiger partial charge in [0.2, 0.25) is 0 Å². The van der Waals surface area contributed by atoms with Crippen molar-refractivity contribution in [1.82, 2.24) is 5.32 Å². The molecule has 2 atom stereocenters. The van der Waals surface area contributed by atoms with Crippen molar-refractivity contribution in [3.63, 3.8) is 0 Å². The summed E-state index contributed by atoms with van der Waals surface area (Å²) in [6, 6.07) is 11.9. The van der Waals surface area contributed by atoms with E-state index in [-0.39, 0.29) is 11.3 Å². The predicted octanol–water partition coefficient (Wildman–Crippen LogP) is 2.54. The van der Waals surface area contributed by atoms with E-state index in [0.29, 0.717) is 10.9 Å². The first-order valence-corrected chi connectivity index (χ1v) is 7.41. The average Bonchev–Trinajstić information content (AvgIpc) is 2.75. The third-order valence-corrected chi connectivity index (χ3v) is 4.19. The molecule has 4 nitrogen and oxygen atoms in total. The van der Waals surface area contributed by atoms with Crippen LogP contribution < -0.4 is 5.32 Å². The number of phenolic OH excluding ortho intramolecular Hbond substituents is 1. The smallest absolute Gasteiger partial charge is 0.255 e. The highest BCUT2D eigenvalue weighted by molar-refractivity contribution is 9.10. The van der Waals surface area contributed by atoms with Crippen LogP contribution in [-0.4, -0.2) is 22.2 Å². The molecule has 0 saturated heterocycles. The Morgan fingerprint density at radius 3 is 2.76 bits per heavy atom. The van der Waals surface area contributed by atoms with Crippen LogP contribution in [0.5, 0.6) is 5.75 Å². The van der Waals surface area contributed by atoms with Crippen LogP contribution in [0.15, 0.2) is 46.9 Å². The summed E-state index contributed by atoms with van der Waals surface area (Å²) in [5, 5.41) is 22.8. The lowest BCUT2D eigenvalue weighted by Gasteiger charge is -2.18. The molecule has 2 aromatic rings. The van der Waals surface area contributed by atoms with Gasteiger partial charge in [0.05, 0.1) is 17.7 Å². The molecule has 0 radical (unpaired) electrons. The normalized spacial score (nSPS) is 20.1. The molecule has 3 N–H and O–H groups in total. The zero-order valence-electron chi connectivity index (χ0n) is 11.1. The fourth-order valence-electron chi connectivity index (χ4n) is 2.66. The van der Waals surface area contributed by atoms with E-state index in [1.54, 1.807) is 12.1 Å². The first-order valence-electron chi connectivity index (χ1n) is 6.61. The summed E-state index contributed by atoms with van der Waals surface area (Å²) in [5.41, 5.74) is 2.15. The summed E-state index contributed by atoms with van der Waals surface area (Å²) in [6.45, 7) is 0. The number of amides is 1. The van der Waals surface area contributed by atoms with Crippen LogP contribution in [0, 0.1) is 0 Å². The Balaban J connectivity index is 1.85. The third-order valence-electron chi connectivity index (χ3n) is 3.69. The first-order chi connectivity index (χ1) is 10.1. The lowest BCUT2D eigenvalue weighted by Crippen LogP contribution is -2.33. The van der Waals surface area contributed by atoms with Crippen molar-refractivity contribution in [2.45, 2.75) is 18.6 Å². The molecule has 21 heavy (non-hydrogen) atoms. The quantitative estimate of drug-likeness (QED) is 0.781. The minimum atomic E-state index is -0.649. The molecular formula is C16H14BrNO3. The Labute approximate surface area is 130 Å². The molecule has 0 bridgehead atoms. The van der Waals surface area contributed by atoms with Crippen molar-refractivity contribution in [3.05, 3.63) is 63.6 Å². The zero-order chi connectivity index (χ0) is 15.0. The molecule has 1 aliphatic carbocycles. The Morgan fingerprint density at radius 2 is 2.00 bits per heavy atom. The van der Waals surface area contributed by atoms with E-state index >= 15 is 0 Å². The van der Waals surface area contributed by atoms with E-state index in [1.807, 2.05) is 24.3 Å². The molecule has 108 valence electrons. The average molecular weight is 348 g/mol. The van der Waals surface area contributed by atoms with Gasteiger partial charge in [0.25, 0.3) is 5.91 Å². The Morgan fingerprint density at radius 1 is 1.24 bits per heavy atom. The fraction of sp³-hybridized carbons (Fsp3) is 0.188. The van der Waals surface area contributed by atoms with E-state index in [2.05, 4.69) is 21.2 Å². The summed E-state index contributed by atoms with van der Waals surface area (Å²) < 4.78 is 0.697. The van der Waals surface area contributed by atoms with Crippen LogP contribution in [0.3, 0.4) is 0 Å². The van der Waals surface area contributed by atoms with Crippen molar-refractivity contribution in [2.75, 3.05) is 0 Å². The molecule has 0 saturated carbocycles. The number of halogens is 1. The van der Waals surface area contributed by atoms with Gasteiger partial charge in [-0.1, -0.05) is 40.2 Å². The van der Waals surface area contributed by atoms with E-state index < -0.39 is 18.1 Å². The fourth-order valence-corrected chi connectivity index (χ4v) is 3.01. The molecule has 0 aromatic heterocycles. The molecule has 0 fully saturated rings. The number of benzene rings is 2. The van der Waals surface area contributed by atoms with Gasteiger partial charge in [-0.25, -0.2) is 0 Å². The Bertz CT molecular complexity index is 702. The van der Waals surface area contributed by atoms with Crippen LogP contribution in [-0.2, 0) is 6.42 Å². The van der Waals surface area contributed by atoms with E-state index in [4.69, 9.17) is 0 Å². The van der Waals surface area contributed by atoms with E-state index in [9.17, 15) is 15.0 Å². The second kappa shape index (κ2) is 5.50. The number of aliphatic hydroxyl groups is 1. The minimum Gasteiger partial charge on any atom is -0.507 e. The number of aromatic hydroxyl groups is 1. The van der Waals surface area contributed by atoms with Gasteiger partial charge in [0.1, 0.15) is 5.75 Å². The molecule has 2 aromatic carbocycles. The van der Waals surface area contributed by atoms with Crippen LogP contribution in [0.4, 0.5) is 0 Å². The summed E-state index contributed by atoms with van der Waals surface area (Å²) in [4.78, 5) is 12.3. The van der Waals surface area contributed by atoms with Gasteiger partial charge >= 0.3 is 0 Å². The maximum Gasteiger partial charge on any atom is 0.255 e. The summed E-state index contributed by atoms with van der Waals surface area (Å²) >= 11 is 3.23. The number of rotatable bonds is 2. The van der Waals surface area contributed by atoms with Crippen LogP contribution in [0.2, 0.25) is 0 Å². The number of hydrogen-bond donors (Lipinski definition) is 3. The summed E-state index contributed by atoms with van der Waals surface area (Å²) in [5.74, 6) is -0.497. The lowest BCUT2D eigenvalue weighted by molar-refractivity contribution is 0.0855. The molecule has 0 heterocycles. The maximum absolute atomic E-state index is 12.3. The standard InChI is InChI=1S/C16H14BrNO3/c17-10-5-6-12(13(19)8-10)16(21)18-15-11-4-2-1-3-9(11)7-14(15)20/h1-6,8,14-15,19-20H,7H2,(H,18,21)/t14-,15+/m1/s1. The van der Waals surface area contributed by atoms with Gasteiger partial charge in [0, 0.05) is 10.9 Å². The van der Waals surface area contributed by atoms with Crippen molar-refractivity contribution >= 4 is 21.8 Å². The van der Waals surface area contributed by atoms with Crippen molar-refractivity contribution in [1.29, 1.82) is 0 Å². The van der Waals surface area contributed by atoms with Gasteiger partial charge in [-0.05, 0) is 29.3 Å². The summed E-state index contributed by atoms with van der Waals surface area (Å²) in [7, 11) is 0. The molecule has 0 spiro atoms. The number of hydrogen-bond acceptors (Lipinski definition) is 3. The van der Waals surface area contributed by atoms with E-state index in [1.165, 1.54) is 6.07 Å². The van der Waals surface area contributed by atoms with Crippen LogP contribution in [0.1, 0.15) is 27.5 Å². The molecule has 0 unspecified atom stereocenters. The Hall–Kier alpha value is -1.85. The highest BCUT2D eigenvalue weighted by atomic mass is 79.9. The predicted molar refractivity (Wildman–Crippen MR) is 82.2 cm³/mol. The Kier molecular flexibility index (Phi) is 3.69. The number of fused-ring (bicyclic) bond motifs is 1. The first kappa shape index (κ1) is 14.1. The van der Waals surface area contributed by atoms with Gasteiger partial charge in [0.15, 0.2) is 0 Å². The van der Waals surface area contributed by atoms with Crippen molar-refractivity contribution in [3.8, 4) is 5.75 Å². The number of aliphatic hydroxyl groups excluding tert-OH is 1. The van der Waals surface area contributed by atoms with Gasteiger partial charge in [-0.15, -0.1) is 0 Å². The van der Waals surface area contributed by atoms with Crippen LogP contribution in [0.25, 0.3) is 0 Å². The second-order valence-electron chi connectivity index (χ2n) is 5.08.